The maximum absolute atomic E-state index is 13.5. The van der Waals surface area contributed by atoms with Crippen molar-refractivity contribution in [3.8, 4) is 5.75 Å². The van der Waals surface area contributed by atoms with Crippen LogP contribution in [-0.4, -0.2) is 42.3 Å². The lowest BCUT2D eigenvalue weighted by Gasteiger charge is -2.24. The van der Waals surface area contributed by atoms with Crippen LogP contribution in [0.2, 0.25) is 0 Å². The zero-order valence-electron chi connectivity index (χ0n) is 20.2. The Labute approximate surface area is 219 Å². The van der Waals surface area contributed by atoms with Gasteiger partial charge in [0, 0.05) is 36.0 Å². The summed E-state index contributed by atoms with van der Waals surface area (Å²) in [7, 11) is 0. The second-order valence-corrected chi connectivity index (χ2v) is 9.61. The van der Waals surface area contributed by atoms with E-state index in [2.05, 4.69) is 32.8 Å². The highest BCUT2D eigenvalue weighted by atomic mass is 79.9. The molecule has 4 rings (SSSR count). The van der Waals surface area contributed by atoms with E-state index in [1.165, 1.54) is 0 Å². The van der Waals surface area contributed by atoms with Gasteiger partial charge in [0.25, 0.3) is 5.91 Å². The molecule has 0 aromatic heterocycles. The van der Waals surface area contributed by atoms with E-state index in [9.17, 15) is 4.79 Å². The van der Waals surface area contributed by atoms with E-state index in [0.717, 1.165) is 26.7 Å². The maximum Gasteiger partial charge on any atom is 0.266 e. The van der Waals surface area contributed by atoms with Gasteiger partial charge < -0.3 is 14.6 Å². The van der Waals surface area contributed by atoms with E-state index in [1.54, 1.807) is 0 Å². The first-order valence-electron chi connectivity index (χ1n) is 11.9. The fourth-order valence-corrected chi connectivity index (χ4v) is 4.38. The largest absolute Gasteiger partial charge is 0.494 e. The number of carbonyl (C=O) groups is 1. The van der Waals surface area contributed by atoms with Crippen LogP contribution >= 0.6 is 15.9 Å². The summed E-state index contributed by atoms with van der Waals surface area (Å²) in [5, 5.41) is 8.92. The van der Waals surface area contributed by atoms with Crippen LogP contribution in [0.15, 0.2) is 82.3 Å². The smallest absolute Gasteiger partial charge is 0.266 e. The minimum Gasteiger partial charge on any atom is -0.494 e. The molecule has 0 saturated heterocycles. The molecule has 1 aliphatic heterocycles. The lowest BCUT2D eigenvalue weighted by molar-refractivity contribution is -0.127. The molecule has 0 aliphatic carbocycles. The Bertz CT molecular complexity index is 1220. The predicted octanol–water partition coefficient (Wildman–Crippen LogP) is 4.10. The zero-order chi connectivity index (χ0) is 25.4. The number of ether oxygens (including phenoxy) is 2. The lowest BCUT2D eigenvalue weighted by Crippen LogP contribution is -2.52. The van der Waals surface area contributed by atoms with E-state index in [-0.39, 0.29) is 19.1 Å². The van der Waals surface area contributed by atoms with Crippen LogP contribution in [0.3, 0.4) is 0 Å². The molecule has 0 radical (unpaired) electrons. The average molecular weight is 552 g/mol. The summed E-state index contributed by atoms with van der Waals surface area (Å²) in [4.78, 5) is 18.3. The Balaban J connectivity index is 1.52. The lowest BCUT2D eigenvalue weighted by atomic mass is 9.91. The van der Waals surface area contributed by atoms with Gasteiger partial charge in [0.15, 0.2) is 5.54 Å². The molecule has 0 bridgehead atoms. The van der Waals surface area contributed by atoms with E-state index < -0.39 is 5.54 Å². The number of aliphatic hydroxyl groups is 1. The SMILES string of the molecule is Cc1cccc(CNNC(=O)[C@]2(Cc3ccccc3Br)COC(c3ccc(OCCCO)cc3)=N2)c1. The summed E-state index contributed by atoms with van der Waals surface area (Å²) in [6, 6.07) is 23.3. The number of hydrazine groups is 1. The number of hydrogen-bond acceptors (Lipinski definition) is 6. The van der Waals surface area contributed by atoms with Crippen molar-refractivity contribution in [3.05, 3.63) is 99.5 Å². The van der Waals surface area contributed by atoms with E-state index >= 15 is 0 Å². The molecule has 3 aromatic rings. The minimum absolute atomic E-state index is 0.0876. The van der Waals surface area contributed by atoms with Crippen molar-refractivity contribution >= 4 is 27.7 Å². The number of hydrogen-bond donors (Lipinski definition) is 3. The standard InChI is InChI=1S/C28H30BrN3O4/c1-20-6-4-7-21(16-20)18-30-32-27(34)28(17-23-8-2-3-9-25(23)29)19-36-26(31-28)22-10-12-24(13-11-22)35-15-5-14-33/h2-4,6-13,16,30,33H,5,14-15,17-19H2,1H3,(H,32,34)/t28-/m0/s1. The maximum atomic E-state index is 13.5. The van der Waals surface area contributed by atoms with Gasteiger partial charge in [-0.05, 0) is 48.4 Å². The Kier molecular flexibility index (Phi) is 8.74. The molecule has 1 heterocycles. The summed E-state index contributed by atoms with van der Waals surface area (Å²) < 4.78 is 12.5. The first-order chi connectivity index (χ1) is 17.5. The molecule has 1 aliphatic rings. The number of carbonyl (C=O) groups excluding carboxylic acids is 1. The minimum atomic E-state index is -1.13. The van der Waals surface area contributed by atoms with Crippen molar-refractivity contribution in [3.63, 3.8) is 0 Å². The number of benzene rings is 3. The van der Waals surface area contributed by atoms with Gasteiger partial charge in [-0.25, -0.2) is 10.4 Å². The number of aliphatic imine (C=N–C) groups is 1. The number of nitrogens with zero attached hydrogens (tertiary/aromatic N) is 1. The third kappa shape index (κ3) is 6.51. The average Bonchev–Trinajstić information content (AvgIpc) is 3.31. The van der Waals surface area contributed by atoms with Crippen molar-refractivity contribution in [2.45, 2.75) is 31.8 Å². The van der Waals surface area contributed by atoms with Crippen molar-refractivity contribution in [2.24, 2.45) is 4.99 Å². The van der Waals surface area contributed by atoms with Gasteiger partial charge in [0.2, 0.25) is 5.90 Å². The van der Waals surface area contributed by atoms with Gasteiger partial charge in [0.05, 0.1) is 6.61 Å². The second kappa shape index (κ2) is 12.2. The van der Waals surface area contributed by atoms with Gasteiger partial charge in [-0.1, -0.05) is 64.0 Å². The third-order valence-corrected chi connectivity index (χ3v) is 6.65. The highest BCUT2D eigenvalue weighted by Crippen LogP contribution is 2.30. The highest BCUT2D eigenvalue weighted by molar-refractivity contribution is 9.10. The number of nitrogens with one attached hydrogen (secondary N) is 2. The quantitative estimate of drug-likeness (QED) is 0.246. The van der Waals surface area contributed by atoms with Crippen LogP contribution in [-0.2, 0) is 22.5 Å². The topological polar surface area (TPSA) is 92.2 Å². The molecule has 8 heteroatoms. The summed E-state index contributed by atoms with van der Waals surface area (Å²) in [6.07, 6.45) is 0.945. The van der Waals surface area contributed by atoms with Gasteiger partial charge >= 0.3 is 0 Å². The molecular weight excluding hydrogens is 522 g/mol. The number of aliphatic hydroxyl groups excluding tert-OH is 1. The highest BCUT2D eigenvalue weighted by Gasteiger charge is 2.45. The predicted molar refractivity (Wildman–Crippen MR) is 143 cm³/mol. The summed E-state index contributed by atoms with van der Waals surface area (Å²) in [5.74, 6) is 0.853. The molecule has 3 N–H and O–H groups in total. The van der Waals surface area contributed by atoms with Crippen LogP contribution in [0, 0.1) is 6.92 Å². The summed E-state index contributed by atoms with van der Waals surface area (Å²) in [5.41, 5.74) is 8.73. The van der Waals surface area contributed by atoms with Gasteiger partial charge in [0.1, 0.15) is 12.4 Å². The fraction of sp³-hybridized carbons (Fsp3) is 0.286. The number of aryl methyl sites for hydroxylation is 1. The molecule has 0 unspecified atom stereocenters. The van der Waals surface area contributed by atoms with Crippen molar-refractivity contribution in [1.29, 1.82) is 0 Å². The fourth-order valence-electron chi connectivity index (χ4n) is 3.95. The monoisotopic (exact) mass is 551 g/mol. The molecule has 0 spiro atoms. The number of rotatable bonds is 11. The van der Waals surface area contributed by atoms with Gasteiger partial charge in [-0.15, -0.1) is 0 Å². The molecule has 1 atom stereocenters. The second-order valence-electron chi connectivity index (χ2n) is 8.75. The van der Waals surface area contributed by atoms with E-state index in [4.69, 9.17) is 19.6 Å². The normalized spacial score (nSPS) is 16.8. The van der Waals surface area contributed by atoms with Crippen molar-refractivity contribution in [2.75, 3.05) is 19.8 Å². The molecule has 36 heavy (non-hydrogen) atoms. The summed E-state index contributed by atoms with van der Waals surface area (Å²) in [6.45, 7) is 3.18. The molecule has 0 saturated carbocycles. The molecule has 0 fully saturated rings. The zero-order valence-corrected chi connectivity index (χ0v) is 21.8. The van der Waals surface area contributed by atoms with Gasteiger partial charge in [-0.3, -0.25) is 10.2 Å². The summed E-state index contributed by atoms with van der Waals surface area (Å²) >= 11 is 3.59. The molecular formula is C28H30BrN3O4. The number of amides is 1. The molecule has 1 amide bonds. The van der Waals surface area contributed by atoms with E-state index in [1.807, 2.05) is 73.7 Å². The first kappa shape index (κ1) is 25.9. The number of halogens is 1. The molecule has 3 aromatic carbocycles. The van der Waals surface area contributed by atoms with Gasteiger partial charge in [-0.2, -0.15) is 0 Å². The Morgan fingerprint density at radius 1 is 1.14 bits per heavy atom. The van der Waals surface area contributed by atoms with Crippen LogP contribution in [0.25, 0.3) is 0 Å². The van der Waals surface area contributed by atoms with Crippen LogP contribution in [0.1, 0.15) is 28.7 Å². The third-order valence-electron chi connectivity index (χ3n) is 5.88. The van der Waals surface area contributed by atoms with Crippen molar-refractivity contribution < 1.29 is 19.4 Å². The van der Waals surface area contributed by atoms with Crippen LogP contribution in [0.4, 0.5) is 0 Å². The Hall–Kier alpha value is -3.20. The Morgan fingerprint density at radius 3 is 2.69 bits per heavy atom. The Morgan fingerprint density at radius 2 is 1.94 bits per heavy atom. The van der Waals surface area contributed by atoms with E-state index in [0.29, 0.717) is 37.6 Å². The first-order valence-corrected chi connectivity index (χ1v) is 12.7. The van der Waals surface area contributed by atoms with Crippen molar-refractivity contribution in [1.82, 2.24) is 10.9 Å². The molecule has 188 valence electrons. The molecule has 7 nitrogen and oxygen atoms in total. The van der Waals surface area contributed by atoms with Crippen LogP contribution in [0.5, 0.6) is 5.75 Å². The van der Waals surface area contributed by atoms with Crippen LogP contribution < -0.4 is 15.6 Å².